The van der Waals surface area contributed by atoms with Gasteiger partial charge in [-0.15, -0.1) is 0 Å². The van der Waals surface area contributed by atoms with E-state index in [1.54, 1.807) is 6.20 Å². The predicted octanol–water partition coefficient (Wildman–Crippen LogP) is 2.93. The molecule has 2 aromatic carbocycles. The van der Waals surface area contributed by atoms with Crippen LogP contribution in [0.25, 0.3) is 22.3 Å². The highest BCUT2D eigenvalue weighted by atomic mass is 16.5. The van der Waals surface area contributed by atoms with Crippen LogP contribution in [0.15, 0.2) is 59.3 Å². The normalized spacial score (nSPS) is 10.9. The van der Waals surface area contributed by atoms with Crippen LogP contribution in [0.3, 0.4) is 0 Å². The molecular weight excluding hydrogens is 382 g/mol. The molecule has 0 radical (unpaired) electrons. The molecule has 4 aromatic rings. The topological polar surface area (TPSA) is 102 Å². The van der Waals surface area contributed by atoms with Crippen LogP contribution < -0.4 is 10.9 Å². The first-order valence-corrected chi connectivity index (χ1v) is 9.54. The summed E-state index contributed by atoms with van der Waals surface area (Å²) in [4.78, 5) is 28.9. The van der Waals surface area contributed by atoms with Crippen LogP contribution in [0, 0.1) is 6.92 Å². The SMILES string of the molecule is Cc1ccc(-c2noc(CCC(=O)NNC(=O)c3cn(C)c4ccccc34)n2)cc1. The maximum absolute atomic E-state index is 12.5. The Hall–Kier alpha value is -3.94. The molecule has 2 N–H and O–H groups in total. The average Bonchev–Trinajstić information content (AvgIpc) is 3.36. The fourth-order valence-corrected chi connectivity index (χ4v) is 3.18. The van der Waals surface area contributed by atoms with E-state index in [9.17, 15) is 9.59 Å². The molecule has 8 nitrogen and oxygen atoms in total. The number of nitrogens with zero attached hydrogens (tertiary/aromatic N) is 3. The van der Waals surface area contributed by atoms with E-state index in [1.165, 1.54) is 0 Å². The van der Waals surface area contributed by atoms with E-state index in [-0.39, 0.29) is 24.7 Å². The van der Waals surface area contributed by atoms with Gasteiger partial charge in [-0.05, 0) is 13.0 Å². The van der Waals surface area contributed by atoms with Crippen LogP contribution in [0.2, 0.25) is 0 Å². The largest absolute Gasteiger partial charge is 0.350 e. The third-order valence-electron chi connectivity index (χ3n) is 4.80. The van der Waals surface area contributed by atoms with Crippen LogP contribution >= 0.6 is 0 Å². The number of aryl methyl sites for hydroxylation is 3. The molecule has 152 valence electrons. The molecule has 0 aliphatic carbocycles. The summed E-state index contributed by atoms with van der Waals surface area (Å²) in [5.41, 5.74) is 8.32. The number of para-hydroxylation sites is 1. The number of rotatable bonds is 5. The van der Waals surface area contributed by atoms with Crippen molar-refractivity contribution in [2.45, 2.75) is 19.8 Å². The Balaban J connectivity index is 1.31. The number of aromatic nitrogens is 3. The van der Waals surface area contributed by atoms with Gasteiger partial charge in [0, 0.05) is 42.6 Å². The summed E-state index contributed by atoms with van der Waals surface area (Å²) in [6.07, 6.45) is 2.11. The number of hydrogen-bond donors (Lipinski definition) is 2. The molecule has 0 bridgehead atoms. The molecule has 0 saturated carbocycles. The Bertz CT molecular complexity index is 1210. The van der Waals surface area contributed by atoms with Crippen LogP contribution in [-0.4, -0.2) is 26.5 Å². The lowest BCUT2D eigenvalue weighted by Crippen LogP contribution is -2.41. The molecular formula is C22H21N5O3. The fourth-order valence-electron chi connectivity index (χ4n) is 3.18. The zero-order valence-electron chi connectivity index (χ0n) is 16.7. The number of benzene rings is 2. The number of carbonyl (C=O) groups excluding carboxylic acids is 2. The van der Waals surface area contributed by atoms with Gasteiger partial charge in [-0.1, -0.05) is 53.2 Å². The molecule has 8 heteroatoms. The van der Waals surface area contributed by atoms with Crippen LogP contribution in [0.5, 0.6) is 0 Å². The van der Waals surface area contributed by atoms with E-state index in [0.29, 0.717) is 17.3 Å². The highest BCUT2D eigenvalue weighted by molar-refractivity contribution is 6.07. The summed E-state index contributed by atoms with van der Waals surface area (Å²) < 4.78 is 7.08. The molecule has 0 atom stereocenters. The quantitative estimate of drug-likeness (QED) is 0.499. The van der Waals surface area contributed by atoms with Crippen molar-refractivity contribution in [2.24, 2.45) is 7.05 Å². The number of hydrazine groups is 1. The summed E-state index contributed by atoms with van der Waals surface area (Å²) in [6, 6.07) is 15.3. The van der Waals surface area contributed by atoms with Crippen molar-refractivity contribution >= 4 is 22.7 Å². The number of hydrogen-bond acceptors (Lipinski definition) is 5. The van der Waals surface area contributed by atoms with Gasteiger partial charge in [0.1, 0.15) is 0 Å². The lowest BCUT2D eigenvalue weighted by Gasteiger charge is -2.06. The van der Waals surface area contributed by atoms with Gasteiger partial charge >= 0.3 is 0 Å². The first-order valence-electron chi connectivity index (χ1n) is 9.54. The van der Waals surface area contributed by atoms with Gasteiger partial charge in [0.15, 0.2) is 0 Å². The molecule has 0 aliphatic rings. The highest BCUT2D eigenvalue weighted by Gasteiger charge is 2.15. The van der Waals surface area contributed by atoms with E-state index in [1.807, 2.05) is 67.1 Å². The molecule has 0 fully saturated rings. The summed E-state index contributed by atoms with van der Waals surface area (Å²) in [6.45, 7) is 2.00. The van der Waals surface area contributed by atoms with Crippen molar-refractivity contribution in [2.75, 3.05) is 0 Å². The van der Waals surface area contributed by atoms with Gasteiger partial charge in [0.05, 0.1) is 5.56 Å². The van der Waals surface area contributed by atoms with Gasteiger partial charge in [0.25, 0.3) is 5.91 Å². The molecule has 4 rings (SSSR count). The summed E-state index contributed by atoms with van der Waals surface area (Å²) in [5, 5.41) is 4.77. The van der Waals surface area contributed by atoms with Crippen molar-refractivity contribution in [1.29, 1.82) is 0 Å². The average molecular weight is 403 g/mol. The maximum atomic E-state index is 12.5. The zero-order chi connectivity index (χ0) is 21.1. The molecule has 30 heavy (non-hydrogen) atoms. The minimum atomic E-state index is -0.375. The highest BCUT2D eigenvalue weighted by Crippen LogP contribution is 2.20. The Morgan fingerprint density at radius 2 is 1.83 bits per heavy atom. The molecule has 0 unspecified atom stereocenters. The molecule has 0 saturated heterocycles. The minimum Gasteiger partial charge on any atom is -0.350 e. The molecule has 2 heterocycles. The second-order valence-corrected chi connectivity index (χ2v) is 7.05. The third kappa shape index (κ3) is 4.07. The second kappa shape index (κ2) is 8.20. The Morgan fingerprint density at radius 3 is 2.63 bits per heavy atom. The molecule has 0 aliphatic heterocycles. The Kier molecular flexibility index (Phi) is 5.30. The fraction of sp³-hybridized carbons (Fsp3) is 0.182. The van der Waals surface area contributed by atoms with E-state index in [0.717, 1.165) is 22.0 Å². The van der Waals surface area contributed by atoms with Gasteiger partial charge in [-0.2, -0.15) is 4.98 Å². The van der Waals surface area contributed by atoms with E-state index in [2.05, 4.69) is 21.0 Å². The monoisotopic (exact) mass is 403 g/mol. The zero-order valence-corrected chi connectivity index (χ0v) is 16.7. The maximum Gasteiger partial charge on any atom is 0.271 e. The lowest BCUT2D eigenvalue weighted by molar-refractivity contribution is -0.121. The van der Waals surface area contributed by atoms with Crippen LogP contribution in [0.4, 0.5) is 0 Å². The van der Waals surface area contributed by atoms with E-state index >= 15 is 0 Å². The standard InChI is InChI=1S/C22H21N5O3/c1-14-7-9-15(10-8-14)21-23-20(30-26-21)12-11-19(28)24-25-22(29)17-13-27(2)18-6-4-3-5-16(17)18/h3-10,13H,11-12H2,1-2H3,(H,24,28)(H,25,29). The summed E-state index contributed by atoms with van der Waals surface area (Å²) in [7, 11) is 1.87. The van der Waals surface area contributed by atoms with Crippen LogP contribution in [0.1, 0.15) is 28.2 Å². The predicted molar refractivity (Wildman–Crippen MR) is 111 cm³/mol. The first kappa shape index (κ1) is 19.4. The van der Waals surface area contributed by atoms with E-state index in [4.69, 9.17) is 4.52 Å². The number of amides is 2. The summed E-state index contributed by atoms with van der Waals surface area (Å²) >= 11 is 0. The van der Waals surface area contributed by atoms with Crippen molar-refractivity contribution < 1.29 is 14.1 Å². The van der Waals surface area contributed by atoms with Crippen LogP contribution in [-0.2, 0) is 18.3 Å². The van der Waals surface area contributed by atoms with Gasteiger partial charge in [-0.3, -0.25) is 20.4 Å². The Labute approximate surface area is 172 Å². The van der Waals surface area contributed by atoms with Gasteiger partial charge < -0.3 is 9.09 Å². The number of nitrogens with one attached hydrogen (secondary N) is 2. The summed E-state index contributed by atoms with van der Waals surface area (Å²) in [5.74, 6) is 0.119. The third-order valence-corrected chi connectivity index (χ3v) is 4.80. The van der Waals surface area contributed by atoms with Gasteiger partial charge in [0.2, 0.25) is 17.6 Å². The molecule has 2 aromatic heterocycles. The first-order chi connectivity index (χ1) is 14.5. The number of carbonyl (C=O) groups is 2. The minimum absolute atomic E-state index is 0.103. The molecule has 0 spiro atoms. The molecule has 2 amide bonds. The lowest BCUT2D eigenvalue weighted by atomic mass is 10.1. The number of fused-ring (bicyclic) bond motifs is 1. The van der Waals surface area contributed by atoms with Crippen molar-refractivity contribution in [3.8, 4) is 11.4 Å². The second-order valence-electron chi connectivity index (χ2n) is 7.05. The van der Waals surface area contributed by atoms with Crippen molar-refractivity contribution in [3.63, 3.8) is 0 Å². The van der Waals surface area contributed by atoms with Gasteiger partial charge in [-0.25, -0.2) is 0 Å². The van der Waals surface area contributed by atoms with Crippen molar-refractivity contribution in [1.82, 2.24) is 25.6 Å². The van der Waals surface area contributed by atoms with E-state index < -0.39 is 0 Å². The Morgan fingerprint density at radius 1 is 1.07 bits per heavy atom. The van der Waals surface area contributed by atoms with Crippen molar-refractivity contribution in [3.05, 3.63) is 71.7 Å². The smallest absolute Gasteiger partial charge is 0.271 e.